The third-order valence-corrected chi connectivity index (χ3v) is 5.10. The van der Waals surface area contributed by atoms with Gasteiger partial charge in [-0.1, -0.05) is 0 Å². The minimum absolute atomic E-state index is 0.111. The fourth-order valence-electron chi connectivity index (χ4n) is 3.22. The lowest BCUT2D eigenvalue weighted by atomic mass is 10.2. The summed E-state index contributed by atoms with van der Waals surface area (Å²) in [5.41, 5.74) is 7.08. The van der Waals surface area contributed by atoms with Gasteiger partial charge in [-0.3, -0.25) is 14.7 Å². The number of pyridine rings is 1. The number of hydrogen-bond acceptors (Lipinski definition) is 7. The van der Waals surface area contributed by atoms with Crippen molar-refractivity contribution >= 4 is 29.0 Å². The van der Waals surface area contributed by atoms with Crippen LogP contribution in [0.15, 0.2) is 42.7 Å². The molecule has 4 heterocycles. The number of terminal acetylenes is 1. The van der Waals surface area contributed by atoms with Crippen molar-refractivity contribution in [3.63, 3.8) is 0 Å². The number of aromatic amines is 1. The second kappa shape index (κ2) is 12.1. The fraction of sp³-hybridized carbons (Fsp3) is 0.250. The van der Waals surface area contributed by atoms with Crippen molar-refractivity contribution in [2.24, 2.45) is 5.73 Å². The van der Waals surface area contributed by atoms with Gasteiger partial charge in [0.15, 0.2) is 17.5 Å². The van der Waals surface area contributed by atoms with Gasteiger partial charge in [0.05, 0.1) is 5.56 Å². The predicted molar refractivity (Wildman–Crippen MR) is 130 cm³/mol. The molecule has 1 aliphatic rings. The molecule has 12 heteroatoms. The first-order valence-corrected chi connectivity index (χ1v) is 11.0. The van der Waals surface area contributed by atoms with Crippen LogP contribution in [0.5, 0.6) is 0 Å². The molecule has 1 amide bonds. The minimum Gasteiger partial charge on any atom is -0.481 e. The number of nitrogens with two attached hydrogens (primary N) is 1. The number of halogens is 1. The summed E-state index contributed by atoms with van der Waals surface area (Å²) >= 11 is 0. The highest BCUT2D eigenvalue weighted by molar-refractivity contribution is 5.92. The van der Waals surface area contributed by atoms with Gasteiger partial charge in [-0.15, -0.1) is 12.8 Å². The van der Waals surface area contributed by atoms with E-state index >= 15 is 0 Å². The second-order valence-electron chi connectivity index (χ2n) is 7.80. The van der Waals surface area contributed by atoms with Crippen LogP contribution in [0.1, 0.15) is 53.5 Å². The molecule has 0 atom stereocenters. The van der Waals surface area contributed by atoms with Crippen LogP contribution >= 0.6 is 0 Å². The number of carboxylic acid groups (broad SMARTS) is 1. The number of rotatable bonds is 8. The molecule has 1 saturated carbocycles. The van der Waals surface area contributed by atoms with Crippen LogP contribution < -0.4 is 11.1 Å². The number of hydrogen-bond donors (Lipinski definition) is 4. The molecule has 186 valence electrons. The predicted octanol–water partition coefficient (Wildman–Crippen LogP) is 3.05. The smallest absolute Gasteiger partial charge is 0.303 e. The Bertz CT molecular complexity index is 1340. The summed E-state index contributed by atoms with van der Waals surface area (Å²) < 4.78 is 13.8. The Morgan fingerprint density at radius 2 is 2.06 bits per heavy atom. The van der Waals surface area contributed by atoms with E-state index in [9.17, 15) is 14.0 Å². The summed E-state index contributed by atoms with van der Waals surface area (Å²) in [6.45, 7) is 0. The van der Waals surface area contributed by atoms with E-state index in [2.05, 4.69) is 43.4 Å². The topological polar surface area (TPSA) is 164 Å². The van der Waals surface area contributed by atoms with Crippen LogP contribution in [0.25, 0.3) is 5.52 Å². The van der Waals surface area contributed by atoms with Crippen molar-refractivity contribution in [1.29, 1.82) is 0 Å². The number of carboxylic acids is 1. The van der Waals surface area contributed by atoms with Gasteiger partial charge in [-0.2, -0.15) is 14.6 Å². The van der Waals surface area contributed by atoms with E-state index in [1.165, 1.54) is 18.9 Å². The lowest BCUT2D eigenvalue weighted by molar-refractivity contribution is -0.137. The molecule has 5 rings (SSSR count). The zero-order chi connectivity index (χ0) is 26.1. The number of aliphatic carboxylic acids is 1. The van der Waals surface area contributed by atoms with Crippen molar-refractivity contribution in [3.8, 4) is 12.8 Å². The number of anilines is 2. The summed E-state index contributed by atoms with van der Waals surface area (Å²) in [5.74, 6) is 0.597. The number of H-pyrrole nitrogens is 1. The molecular weight excluding hydrogens is 467 g/mol. The Morgan fingerprint density at radius 1 is 1.28 bits per heavy atom. The summed E-state index contributed by atoms with van der Waals surface area (Å²) in [4.78, 5) is 28.8. The monoisotopic (exact) mass is 492 g/mol. The van der Waals surface area contributed by atoms with Crippen LogP contribution in [0.2, 0.25) is 0 Å². The number of nitrogens with one attached hydrogen (secondary N) is 2. The molecule has 11 nitrogen and oxygen atoms in total. The van der Waals surface area contributed by atoms with Crippen molar-refractivity contribution in [1.82, 2.24) is 29.8 Å². The van der Waals surface area contributed by atoms with Crippen molar-refractivity contribution in [2.45, 2.75) is 38.0 Å². The number of carbonyl (C=O) groups excluding carboxylic acids is 1. The highest BCUT2D eigenvalue weighted by Gasteiger charge is 2.25. The van der Waals surface area contributed by atoms with Gasteiger partial charge >= 0.3 is 5.97 Å². The van der Waals surface area contributed by atoms with Gasteiger partial charge in [0, 0.05) is 42.9 Å². The van der Waals surface area contributed by atoms with Crippen molar-refractivity contribution in [3.05, 3.63) is 65.8 Å². The molecule has 4 aromatic rings. The normalized spacial score (nSPS) is 12.1. The van der Waals surface area contributed by atoms with Crippen molar-refractivity contribution in [2.75, 3.05) is 5.32 Å². The van der Waals surface area contributed by atoms with E-state index in [-0.39, 0.29) is 12.0 Å². The minimum atomic E-state index is -0.806. The van der Waals surface area contributed by atoms with E-state index in [0.29, 0.717) is 30.4 Å². The van der Waals surface area contributed by atoms with E-state index in [1.807, 2.05) is 24.4 Å². The first-order chi connectivity index (χ1) is 17.4. The SMILES string of the molecule is C#C.NC(=O)c1ccc(F)nc1.O=C(O)CCCc1nc(Nc2cc(C3CC3)[nH]n2)c2cccn2n1. The lowest BCUT2D eigenvalue weighted by Gasteiger charge is -2.07. The van der Waals surface area contributed by atoms with E-state index < -0.39 is 17.8 Å². The van der Waals surface area contributed by atoms with Crippen LogP contribution in [0.3, 0.4) is 0 Å². The number of aromatic nitrogens is 6. The number of primary amides is 1. The molecule has 0 saturated heterocycles. The molecule has 0 unspecified atom stereocenters. The molecular formula is C24H25FN8O3. The Kier molecular flexibility index (Phi) is 8.66. The average molecular weight is 493 g/mol. The third-order valence-electron chi connectivity index (χ3n) is 5.10. The fourth-order valence-corrected chi connectivity index (χ4v) is 3.22. The molecule has 4 aromatic heterocycles. The quantitative estimate of drug-likeness (QED) is 0.215. The van der Waals surface area contributed by atoms with Gasteiger partial charge in [0.25, 0.3) is 0 Å². The van der Waals surface area contributed by atoms with E-state index in [0.717, 1.165) is 29.3 Å². The first kappa shape index (κ1) is 25.8. The largest absolute Gasteiger partial charge is 0.481 e. The molecule has 0 aromatic carbocycles. The molecule has 0 aliphatic heterocycles. The maximum atomic E-state index is 12.1. The van der Waals surface area contributed by atoms with Gasteiger partial charge < -0.3 is 16.2 Å². The molecule has 1 fully saturated rings. The van der Waals surface area contributed by atoms with Gasteiger partial charge in [0.1, 0.15) is 5.52 Å². The number of carbonyl (C=O) groups is 2. The third kappa shape index (κ3) is 7.10. The summed E-state index contributed by atoms with van der Waals surface area (Å²) in [6.07, 6.45) is 14.5. The van der Waals surface area contributed by atoms with E-state index in [1.54, 1.807) is 4.52 Å². The van der Waals surface area contributed by atoms with Gasteiger partial charge in [-0.25, -0.2) is 14.5 Å². The maximum Gasteiger partial charge on any atom is 0.303 e. The van der Waals surface area contributed by atoms with Crippen LogP contribution in [-0.2, 0) is 11.2 Å². The average Bonchev–Trinajstić information content (AvgIpc) is 3.41. The second-order valence-corrected chi connectivity index (χ2v) is 7.80. The maximum absolute atomic E-state index is 12.1. The molecule has 5 N–H and O–H groups in total. The number of aryl methyl sites for hydroxylation is 1. The number of nitrogens with zero attached hydrogens (tertiary/aromatic N) is 5. The molecule has 1 aliphatic carbocycles. The van der Waals surface area contributed by atoms with Crippen LogP contribution in [0.4, 0.5) is 16.0 Å². The Labute approximate surface area is 206 Å². The first-order valence-electron chi connectivity index (χ1n) is 11.0. The van der Waals surface area contributed by atoms with E-state index in [4.69, 9.17) is 10.8 Å². The molecule has 0 spiro atoms. The molecule has 0 radical (unpaired) electrons. The van der Waals surface area contributed by atoms with Crippen LogP contribution in [-0.4, -0.2) is 46.8 Å². The summed E-state index contributed by atoms with van der Waals surface area (Å²) in [5, 5.41) is 23.8. The van der Waals surface area contributed by atoms with Crippen LogP contribution in [0, 0.1) is 18.8 Å². The van der Waals surface area contributed by atoms with Gasteiger partial charge in [-0.05, 0) is 43.5 Å². The Balaban J connectivity index is 0.000000253. The standard InChI is InChI=1S/C16H18N6O2.C6H5FN2O.C2H2/c23-15(24)5-1-4-13-17-16(12-3-2-8-22(12)21-13)18-14-9-11(19-20-14)10-6-7-10;7-5-2-1-4(3-9-5)6(8)10;1-2/h2-3,8-10H,1,4-7H2,(H,23,24)(H2,17,18,19,20,21);1-3H,(H2,8,10);1-2H. The van der Waals surface area contributed by atoms with Gasteiger partial charge in [0.2, 0.25) is 11.9 Å². The molecule has 36 heavy (non-hydrogen) atoms. The zero-order valence-corrected chi connectivity index (χ0v) is 19.3. The Hall–Kier alpha value is -4.79. The summed E-state index contributed by atoms with van der Waals surface area (Å²) in [7, 11) is 0. The zero-order valence-electron chi connectivity index (χ0n) is 19.3. The number of amides is 1. The highest BCUT2D eigenvalue weighted by atomic mass is 19.1. The summed E-state index contributed by atoms with van der Waals surface area (Å²) in [6, 6.07) is 8.21. The van der Waals surface area contributed by atoms with Crippen molar-refractivity contribution < 1.29 is 19.1 Å². The Morgan fingerprint density at radius 3 is 2.69 bits per heavy atom. The molecule has 0 bridgehead atoms. The number of fused-ring (bicyclic) bond motifs is 1. The lowest BCUT2D eigenvalue weighted by Crippen LogP contribution is -2.11. The highest BCUT2D eigenvalue weighted by Crippen LogP contribution is 2.39.